The topological polar surface area (TPSA) is 228 Å². The van der Waals surface area contributed by atoms with Crippen LogP contribution in [-0.4, -0.2) is 91.7 Å². The summed E-state index contributed by atoms with van der Waals surface area (Å²) < 4.78 is 5.72. The molecule has 2 aromatic heterocycles. The van der Waals surface area contributed by atoms with Crippen molar-refractivity contribution in [2.45, 2.75) is 37.4 Å². The molecular weight excluding hydrogens is 590 g/mol. The van der Waals surface area contributed by atoms with Gasteiger partial charge in [0.2, 0.25) is 17.1 Å². The Morgan fingerprint density at radius 2 is 2.02 bits per heavy atom. The average Bonchev–Trinajstić information content (AvgIpc) is 3.37. The lowest BCUT2D eigenvalue weighted by Crippen LogP contribution is -2.71. The number of carbonyl (C=O) groups is 4. The molecule has 4 rings (SSSR count). The maximum Gasteiger partial charge on any atom is 0.350 e. The molecule has 0 radical (unpaired) electrons. The zero-order valence-electron chi connectivity index (χ0n) is 22.8. The number of β-lactam (4-membered cyclic amide) rings is 1. The fourth-order valence-corrected chi connectivity index (χ4v) is 5.72. The van der Waals surface area contributed by atoms with Crippen molar-refractivity contribution in [3.05, 3.63) is 41.6 Å². The molecule has 2 aliphatic heterocycles. The number of carbonyl (C=O) groups excluding carboxylic acids is 3. The van der Waals surface area contributed by atoms with Gasteiger partial charge in [-0.25, -0.2) is 9.36 Å². The van der Waals surface area contributed by atoms with Gasteiger partial charge in [0.25, 0.3) is 11.8 Å². The molecule has 0 saturated carbocycles. The Balaban J connectivity index is 1.49. The summed E-state index contributed by atoms with van der Waals surface area (Å²) >= 11 is 2.05. The van der Waals surface area contributed by atoms with Crippen molar-refractivity contribution in [1.29, 1.82) is 0 Å². The predicted octanol–water partition coefficient (Wildman–Crippen LogP) is -2.27. The first-order valence-electron chi connectivity index (χ1n) is 12.6. The van der Waals surface area contributed by atoms with Gasteiger partial charge in [-0.3, -0.25) is 14.5 Å². The summed E-state index contributed by atoms with van der Waals surface area (Å²) in [6, 6.07) is 2.61. The van der Waals surface area contributed by atoms with Crippen LogP contribution in [0.1, 0.15) is 19.7 Å². The van der Waals surface area contributed by atoms with Gasteiger partial charge in [0.1, 0.15) is 11.4 Å². The monoisotopic (exact) mass is 619 g/mol. The quantitative estimate of drug-likeness (QED) is 0.0524. The number of anilines is 2. The molecule has 0 bridgehead atoms. The summed E-state index contributed by atoms with van der Waals surface area (Å²) in [7, 11) is 1.86. The second-order valence-electron chi connectivity index (χ2n) is 9.69. The van der Waals surface area contributed by atoms with E-state index in [0.717, 1.165) is 35.2 Å². The number of nitrogens with one attached hydrogen (secondary N) is 3. The highest BCUT2D eigenvalue weighted by Crippen LogP contribution is 2.40. The molecule has 42 heavy (non-hydrogen) atoms. The molecule has 4 heterocycles. The Hall–Kier alpha value is -4.29. The zero-order valence-corrected chi connectivity index (χ0v) is 24.5. The van der Waals surface area contributed by atoms with Crippen molar-refractivity contribution in [2.24, 2.45) is 5.16 Å². The predicted molar refractivity (Wildman–Crippen MR) is 150 cm³/mol. The minimum atomic E-state index is -1.79. The molecule has 1 saturated heterocycles. The Labute approximate surface area is 248 Å². The molecule has 18 heteroatoms. The number of amides is 2. The fourth-order valence-electron chi connectivity index (χ4n) is 3.95. The number of nitrogens with zero attached hydrogens (tertiary/aromatic N) is 5. The number of aromatic nitrogens is 3. The molecule has 2 aromatic rings. The molecule has 1 fully saturated rings. The van der Waals surface area contributed by atoms with Crippen LogP contribution in [0.2, 0.25) is 0 Å². The van der Waals surface area contributed by atoms with Crippen molar-refractivity contribution in [3.8, 4) is 0 Å². The van der Waals surface area contributed by atoms with E-state index in [0.29, 0.717) is 5.57 Å². The Morgan fingerprint density at radius 1 is 1.31 bits per heavy atom. The first-order chi connectivity index (χ1) is 19.9. The van der Waals surface area contributed by atoms with Gasteiger partial charge in [-0.1, -0.05) is 5.16 Å². The molecule has 6 N–H and O–H groups in total. The number of carboxylic acids is 2. The first kappa shape index (κ1) is 30.7. The zero-order chi connectivity index (χ0) is 30.6. The fraction of sp³-hybridized carbons (Fsp3) is 0.417. The number of hydrogen-bond donors (Lipinski definition) is 5. The van der Waals surface area contributed by atoms with E-state index in [2.05, 4.69) is 30.5 Å². The van der Waals surface area contributed by atoms with E-state index in [9.17, 15) is 29.4 Å². The highest BCUT2D eigenvalue weighted by atomic mass is 32.2. The van der Waals surface area contributed by atoms with Crippen LogP contribution in [0.15, 0.2) is 41.0 Å². The number of nitrogen functional groups attached to an aromatic ring is 1. The van der Waals surface area contributed by atoms with Crippen LogP contribution in [-0.2, 0) is 30.6 Å². The number of rotatable bonds is 13. The van der Waals surface area contributed by atoms with Crippen molar-refractivity contribution in [2.75, 3.05) is 36.9 Å². The third kappa shape index (κ3) is 6.60. The highest BCUT2D eigenvalue weighted by molar-refractivity contribution is 8.00. The third-order valence-corrected chi connectivity index (χ3v) is 8.13. The molecule has 0 spiro atoms. The normalized spacial score (nSPS) is 18.7. The molecule has 224 valence electrons. The van der Waals surface area contributed by atoms with Gasteiger partial charge < -0.3 is 41.5 Å². The number of carboxylic acid groups (broad SMARTS) is 2. The largest absolute Gasteiger partial charge is 0.543 e. The van der Waals surface area contributed by atoms with Crippen molar-refractivity contribution < 1.29 is 38.8 Å². The molecule has 2 amide bonds. The molecule has 2 atom stereocenters. The molecule has 0 aliphatic carbocycles. The third-order valence-electron chi connectivity index (χ3n) is 6.24. The smallest absolute Gasteiger partial charge is 0.350 e. The Kier molecular flexibility index (Phi) is 9.27. The van der Waals surface area contributed by atoms with Gasteiger partial charge in [-0.05, 0) is 20.9 Å². The summed E-state index contributed by atoms with van der Waals surface area (Å²) in [5.74, 6) is -4.41. The molecule has 0 unspecified atom stereocenters. The maximum absolute atomic E-state index is 13.2. The number of nitrogens with two attached hydrogens (primary N) is 1. The second kappa shape index (κ2) is 12.7. The van der Waals surface area contributed by atoms with Crippen molar-refractivity contribution in [1.82, 2.24) is 24.9 Å². The lowest BCUT2D eigenvalue weighted by molar-refractivity contribution is -0.689. The van der Waals surface area contributed by atoms with Gasteiger partial charge in [0, 0.05) is 53.8 Å². The number of likely N-dealkylation sites (N-methyl/N-ethyl adjacent to an activating group) is 1. The molecule has 2 aliphatic rings. The SMILES string of the molecule is CNCCNc1cc[n+](CC2=C(C(=O)[O-])N3C(=O)[C@@H](NC(=O)/C(=N\OC(C)(C)C(=O)O)c4nsc(N)n4)[C@H]3SC2)cc1. The second-order valence-corrected chi connectivity index (χ2v) is 11.6. The number of hydrogen-bond acceptors (Lipinski definition) is 14. The van der Waals surface area contributed by atoms with E-state index in [-0.39, 0.29) is 29.0 Å². The number of thioether (sulfide) groups is 1. The van der Waals surface area contributed by atoms with Crippen LogP contribution >= 0.6 is 23.3 Å². The van der Waals surface area contributed by atoms with E-state index in [1.165, 1.54) is 25.6 Å². The van der Waals surface area contributed by atoms with Crippen LogP contribution in [0.5, 0.6) is 0 Å². The number of fused-ring (bicyclic) bond motifs is 1. The first-order valence-corrected chi connectivity index (χ1v) is 14.4. The van der Waals surface area contributed by atoms with Crippen LogP contribution in [0, 0.1) is 0 Å². The van der Waals surface area contributed by atoms with Gasteiger partial charge in [0.15, 0.2) is 24.1 Å². The average molecular weight is 620 g/mol. The number of oxime groups is 1. The molecular formula is C24H29N9O7S2. The summed E-state index contributed by atoms with van der Waals surface area (Å²) in [6.45, 7) is 4.20. The number of aliphatic carboxylic acids is 2. The van der Waals surface area contributed by atoms with E-state index in [1.54, 1.807) is 17.0 Å². The number of pyridine rings is 1. The van der Waals surface area contributed by atoms with Crippen LogP contribution in [0.4, 0.5) is 10.8 Å². The highest BCUT2D eigenvalue weighted by Gasteiger charge is 2.53. The summed E-state index contributed by atoms with van der Waals surface area (Å²) in [6.07, 6.45) is 3.60. The van der Waals surface area contributed by atoms with Gasteiger partial charge in [-0.15, -0.1) is 11.8 Å². The lowest BCUT2D eigenvalue weighted by atomic mass is 10.0. The van der Waals surface area contributed by atoms with E-state index in [1.807, 2.05) is 19.2 Å². The van der Waals surface area contributed by atoms with Gasteiger partial charge in [-0.2, -0.15) is 9.36 Å². The van der Waals surface area contributed by atoms with Crippen LogP contribution in [0.25, 0.3) is 0 Å². The van der Waals surface area contributed by atoms with Gasteiger partial charge >= 0.3 is 5.97 Å². The van der Waals surface area contributed by atoms with Crippen molar-refractivity contribution >= 4 is 63.6 Å². The minimum Gasteiger partial charge on any atom is -0.543 e. The van der Waals surface area contributed by atoms with E-state index < -0.39 is 46.5 Å². The summed E-state index contributed by atoms with van der Waals surface area (Å²) in [5, 5.41) is 33.2. The summed E-state index contributed by atoms with van der Waals surface area (Å²) in [4.78, 5) is 59.9. The van der Waals surface area contributed by atoms with Crippen molar-refractivity contribution in [3.63, 3.8) is 0 Å². The van der Waals surface area contributed by atoms with E-state index in [4.69, 9.17) is 10.6 Å². The summed E-state index contributed by atoms with van der Waals surface area (Å²) in [5.41, 5.74) is 4.47. The molecule has 0 aromatic carbocycles. The van der Waals surface area contributed by atoms with Crippen LogP contribution in [0.3, 0.4) is 0 Å². The Morgan fingerprint density at radius 3 is 2.62 bits per heavy atom. The van der Waals surface area contributed by atoms with E-state index >= 15 is 0 Å². The maximum atomic E-state index is 13.2. The minimum absolute atomic E-state index is 0.0190. The Bertz CT molecular complexity index is 1440. The van der Waals surface area contributed by atoms with Crippen LogP contribution < -0.4 is 31.4 Å². The van der Waals surface area contributed by atoms with Gasteiger partial charge in [0.05, 0.1) is 11.7 Å². The molecule has 16 nitrogen and oxygen atoms in total. The lowest BCUT2D eigenvalue weighted by Gasteiger charge is -2.50. The standard InChI is InChI=1S/C24H29N9O7S2/c1-24(2,22(38)39)40-30-14(17-29-23(25)42-31-17)18(34)28-15-19(35)33-16(21(36)37)12(11-41-20(15)33)10-32-8-4-13(5-9-32)27-7-6-26-3/h4-5,8-9,15,20,26H,6-7,10-11H2,1-3H3,(H5,25,28,29,31,34,36,37,38,39)/b30-14-/t15-,20-/m1/s1.